The molecule has 0 saturated carbocycles. The first-order chi connectivity index (χ1) is 14.5. The fraction of sp³-hybridized carbons (Fsp3) is 0.167. The molecule has 0 aliphatic carbocycles. The van der Waals surface area contributed by atoms with E-state index in [4.69, 9.17) is 9.47 Å². The minimum Gasteiger partial charge on any atom is -0.497 e. The third-order valence-electron chi connectivity index (χ3n) is 3.74. The van der Waals surface area contributed by atoms with Crippen LogP contribution in [0.2, 0.25) is 0 Å². The van der Waals surface area contributed by atoms with Crippen LogP contribution in [0.4, 0.5) is 22.2 Å². The minimum absolute atomic E-state index is 0.0585. The summed E-state index contributed by atoms with van der Waals surface area (Å²) in [5, 5.41) is 25.4. The van der Waals surface area contributed by atoms with E-state index in [2.05, 4.69) is 20.8 Å². The van der Waals surface area contributed by atoms with Gasteiger partial charge in [0.2, 0.25) is 11.0 Å². The summed E-state index contributed by atoms with van der Waals surface area (Å²) in [6.45, 7) is 0. The van der Waals surface area contributed by atoms with Gasteiger partial charge in [-0.1, -0.05) is 23.1 Å². The molecule has 3 aromatic rings. The van der Waals surface area contributed by atoms with Gasteiger partial charge in [-0.05, 0) is 30.3 Å². The van der Waals surface area contributed by atoms with Gasteiger partial charge in [0.15, 0.2) is 4.34 Å². The van der Waals surface area contributed by atoms with Crippen LogP contribution >= 0.6 is 23.1 Å². The predicted molar refractivity (Wildman–Crippen MR) is 115 cm³/mol. The highest BCUT2D eigenvalue weighted by Crippen LogP contribution is 2.31. The molecule has 0 aliphatic heterocycles. The number of nitrogens with zero attached hydrogens (tertiary/aromatic N) is 3. The monoisotopic (exact) mass is 447 g/mol. The number of aromatic nitrogens is 2. The number of rotatable bonds is 9. The lowest BCUT2D eigenvalue weighted by Crippen LogP contribution is -2.14. The maximum atomic E-state index is 12.3. The van der Waals surface area contributed by atoms with Crippen LogP contribution in [0.25, 0.3) is 0 Å². The summed E-state index contributed by atoms with van der Waals surface area (Å²) >= 11 is 2.51. The molecule has 0 atom stereocenters. The lowest BCUT2D eigenvalue weighted by Gasteiger charge is -2.09. The van der Waals surface area contributed by atoms with E-state index in [9.17, 15) is 14.9 Å². The third kappa shape index (κ3) is 5.58. The van der Waals surface area contributed by atoms with Crippen molar-refractivity contribution in [3.63, 3.8) is 0 Å². The molecule has 12 heteroatoms. The van der Waals surface area contributed by atoms with E-state index in [-0.39, 0.29) is 23.0 Å². The van der Waals surface area contributed by atoms with Gasteiger partial charge < -0.3 is 20.1 Å². The Balaban J connectivity index is 1.56. The van der Waals surface area contributed by atoms with Crippen LogP contribution in [0.15, 0.2) is 46.8 Å². The van der Waals surface area contributed by atoms with Crippen molar-refractivity contribution in [1.29, 1.82) is 0 Å². The number of hydrogen-bond acceptors (Lipinski definition) is 10. The van der Waals surface area contributed by atoms with E-state index in [0.717, 1.165) is 11.4 Å². The van der Waals surface area contributed by atoms with Gasteiger partial charge in [-0.15, -0.1) is 10.2 Å². The molecule has 2 N–H and O–H groups in total. The number of nitro groups is 1. The van der Waals surface area contributed by atoms with E-state index < -0.39 is 4.92 Å². The van der Waals surface area contributed by atoms with Gasteiger partial charge in [-0.2, -0.15) is 0 Å². The molecule has 0 spiro atoms. The Labute approximate surface area is 179 Å². The van der Waals surface area contributed by atoms with Crippen molar-refractivity contribution in [2.75, 3.05) is 30.6 Å². The van der Waals surface area contributed by atoms with Crippen LogP contribution in [0.5, 0.6) is 11.5 Å². The van der Waals surface area contributed by atoms with Crippen molar-refractivity contribution in [1.82, 2.24) is 10.2 Å². The molecule has 10 nitrogen and oxygen atoms in total. The van der Waals surface area contributed by atoms with E-state index in [0.29, 0.717) is 15.2 Å². The number of thioether (sulfide) groups is 1. The molecular formula is C18H17N5O5S2. The SMILES string of the molecule is COc1ccc(Nc2nnc(SCC(=O)Nc3cc([N+](=O)[O-])ccc3OC)s2)cc1. The number of carbonyl (C=O) groups excluding carboxylic acids is 1. The molecule has 0 radical (unpaired) electrons. The maximum absolute atomic E-state index is 12.3. The van der Waals surface area contributed by atoms with Gasteiger partial charge in [0.05, 0.1) is 30.6 Å². The van der Waals surface area contributed by atoms with Crippen molar-refractivity contribution in [2.24, 2.45) is 0 Å². The number of amides is 1. The highest BCUT2D eigenvalue weighted by molar-refractivity contribution is 8.01. The van der Waals surface area contributed by atoms with Gasteiger partial charge in [-0.3, -0.25) is 14.9 Å². The molecule has 2 aromatic carbocycles. The molecule has 3 rings (SSSR count). The molecule has 156 valence electrons. The topological polar surface area (TPSA) is 129 Å². The minimum atomic E-state index is -0.539. The summed E-state index contributed by atoms with van der Waals surface area (Å²) in [4.78, 5) is 22.7. The highest BCUT2D eigenvalue weighted by Gasteiger charge is 2.15. The zero-order valence-electron chi connectivity index (χ0n) is 15.9. The van der Waals surface area contributed by atoms with E-state index in [1.165, 1.54) is 48.4 Å². The van der Waals surface area contributed by atoms with Crippen LogP contribution in [0.1, 0.15) is 0 Å². The second-order valence-corrected chi connectivity index (χ2v) is 7.91. The summed E-state index contributed by atoms with van der Waals surface area (Å²) in [6.07, 6.45) is 0. The summed E-state index contributed by atoms with van der Waals surface area (Å²) in [5.74, 6) is 0.795. The Hall–Kier alpha value is -3.38. The number of hydrogen-bond donors (Lipinski definition) is 2. The van der Waals surface area contributed by atoms with E-state index >= 15 is 0 Å². The van der Waals surface area contributed by atoms with Crippen LogP contribution in [-0.2, 0) is 4.79 Å². The number of carbonyl (C=O) groups is 1. The van der Waals surface area contributed by atoms with Crippen LogP contribution in [0.3, 0.4) is 0 Å². The fourth-order valence-electron chi connectivity index (χ4n) is 2.34. The Morgan fingerprint density at radius 2 is 1.93 bits per heavy atom. The van der Waals surface area contributed by atoms with Gasteiger partial charge in [0.1, 0.15) is 11.5 Å². The molecule has 0 unspecified atom stereocenters. The normalized spacial score (nSPS) is 10.3. The van der Waals surface area contributed by atoms with Crippen molar-refractivity contribution in [3.8, 4) is 11.5 Å². The molecule has 1 heterocycles. The van der Waals surface area contributed by atoms with Gasteiger partial charge >= 0.3 is 0 Å². The average Bonchev–Trinajstić information content (AvgIpc) is 3.20. The van der Waals surface area contributed by atoms with E-state index in [1.807, 2.05) is 24.3 Å². The number of benzene rings is 2. The molecule has 1 amide bonds. The summed E-state index contributed by atoms with van der Waals surface area (Å²) < 4.78 is 10.9. The maximum Gasteiger partial charge on any atom is 0.271 e. The number of methoxy groups -OCH3 is 2. The smallest absolute Gasteiger partial charge is 0.271 e. The first-order valence-corrected chi connectivity index (χ1v) is 10.3. The first-order valence-electron chi connectivity index (χ1n) is 8.48. The summed E-state index contributed by atoms with van der Waals surface area (Å²) in [5.41, 5.74) is 0.924. The summed E-state index contributed by atoms with van der Waals surface area (Å²) in [7, 11) is 3.02. The Kier molecular flexibility index (Phi) is 7.03. The molecule has 0 aliphatic rings. The largest absolute Gasteiger partial charge is 0.497 e. The van der Waals surface area contributed by atoms with E-state index in [1.54, 1.807) is 7.11 Å². The van der Waals surface area contributed by atoms with Gasteiger partial charge in [0.25, 0.3) is 5.69 Å². The Morgan fingerprint density at radius 1 is 1.17 bits per heavy atom. The molecular weight excluding hydrogens is 430 g/mol. The number of anilines is 3. The molecule has 0 bridgehead atoms. The molecule has 30 heavy (non-hydrogen) atoms. The predicted octanol–water partition coefficient (Wildman–Crippen LogP) is 3.94. The second kappa shape index (κ2) is 9.89. The Bertz CT molecular complexity index is 1040. The zero-order valence-corrected chi connectivity index (χ0v) is 17.6. The molecule has 0 saturated heterocycles. The average molecular weight is 447 g/mol. The lowest BCUT2D eigenvalue weighted by atomic mass is 10.2. The van der Waals surface area contributed by atoms with Crippen LogP contribution in [0, 0.1) is 10.1 Å². The first kappa shape index (κ1) is 21.3. The van der Waals surface area contributed by atoms with Gasteiger partial charge in [0, 0.05) is 17.8 Å². The standard InChI is InChI=1S/C18H17N5O5S2/c1-27-13-6-3-11(4-7-13)19-17-21-22-18(30-17)29-10-16(24)20-14-9-12(23(25)26)5-8-15(14)28-2/h3-9H,10H2,1-2H3,(H,19,21)(H,20,24). The number of non-ortho nitro benzene ring substituents is 1. The van der Waals surface area contributed by atoms with Crippen molar-refractivity contribution >= 4 is 51.2 Å². The second-order valence-electron chi connectivity index (χ2n) is 5.71. The highest BCUT2D eigenvalue weighted by atomic mass is 32.2. The molecule has 1 aromatic heterocycles. The van der Waals surface area contributed by atoms with Crippen molar-refractivity contribution < 1.29 is 19.2 Å². The number of ether oxygens (including phenoxy) is 2. The lowest BCUT2D eigenvalue weighted by molar-refractivity contribution is -0.384. The summed E-state index contributed by atoms with van der Waals surface area (Å²) in [6, 6.07) is 11.4. The number of nitrogens with one attached hydrogen (secondary N) is 2. The number of nitro benzene ring substituents is 1. The fourth-order valence-corrected chi connectivity index (χ4v) is 3.91. The van der Waals surface area contributed by atoms with Gasteiger partial charge in [-0.25, -0.2) is 0 Å². The zero-order chi connectivity index (χ0) is 21.5. The third-order valence-corrected chi connectivity index (χ3v) is 5.71. The van der Waals surface area contributed by atoms with Crippen molar-refractivity contribution in [3.05, 3.63) is 52.6 Å². The Morgan fingerprint density at radius 3 is 2.60 bits per heavy atom. The van der Waals surface area contributed by atoms with Crippen LogP contribution in [-0.4, -0.2) is 41.0 Å². The van der Waals surface area contributed by atoms with Crippen LogP contribution < -0.4 is 20.1 Å². The van der Waals surface area contributed by atoms with Crippen molar-refractivity contribution in [2.45, 2.75) is 4.34 Å². The quantitative estimate of drug-likeness (QED) is 0.285. The molecule has 0 fully saturated rings.